The third-order valence-electron chi connectivity index (χ3n) is 5.19. The summed E-state index contributed by atoms with van der Waals surface area (Å²) < 4.78 is 16.5. The summed E-state index contributed by atoms with van der Waals surface area (Å²) in [6.07, 6.45) is 15.4. The predicted molar refractivity (Wildman–Crippen MR) is 113 cm³/mol. The molecular formula is C22H36O5S. The lowest BCUT2D eigenvalue weighted by molar-refractivity contribution is -0.140. The minimum atomic E-state index is -1.41. The van der Waals surface area contributed by atoms with Gasteiger partial charge in [0.15, 0.2) is 4.91 Å². The van der Waals surface area contributed by atoms with Crippen LogP contribution >= 0.6 is 0 Å². The van der Waals surface area contributed by atoms with Crippen molar-refractivity contribution in [1.29, 1.82) is 0 Å². The second-order valence-electron chi connectivity index (χ2n) is 7.53. The minimum Gasteiger partial charge on any atom is -0.612 e. The number of methoxy groups -OCH3 is 1. The molecule has 0 heterocycles. The summed E-state index contributed by atoms with van der Waals surface area (Å²) in [6, 6.07) is 0. The zero-order valence-electron chi connectivity index (χ0n) is 17.6. The van der Waals surface area contributed by atoms with Crippen LogP contribution in [0.2, 0.25) is 0 Å². The molecule has 0 saturated heterocycles. The number of esters is 1. The van der Waals surface area contributed by atoms with Gasteiger partial charge in [0, 0.05) is 18.1 Å². The fraction of sp³-hybridized carbons (Fsp3) is 0.727. The monoisotopic (exact) mass is 412 g/mol. The molecule has 0 radical (unpaired) electrons. The topological polar surface area (TPSA) is 86.7 Å². The van der Waals surface area contributed by atoms with Crippen LogP contribution in [-0.2, 0) is 25.5 Å². The maximum atomic E-state index is 12.6. The van der Waals surface area contributed by atoms with Crippen LogP contribution in [0.25, 0.3) is 0 Å². The van der Waals surface area contributed by atoms with E-state index in [-0.39, 0.29) is 16.7 Å². The summed E-state index contributed by atoms with van der Waals surface area (Å²) in [6.45, 7) is 2.18. The van der Waals surface area contributed by atoms with Gasteiger partial charge in [0.25, 0.3) is 0 Å². The Morgan fingerprint density at radius 3 is 2.46 bits per heavy atom. The number of ketones is 1. The molecule has 6 heteroatoms. The highest BCUT2D eigenvalue weighted by atomic mass is 32.2. The van der Waals surface area contributed by atoms with E-state index in [1.807, 2.05) is 0 Å². The van der Waals surface area contributed by atoms with Crippen LogP contribution in [0.3, 0.4) is 0 Å². The van der Waals surface area contributed by atoms with Crippen molar-refractivity contribution in [3.63, 3.8) is 0 Å². The number of allylic oxidation sites excluding steroid dienone is 2. The van der Waals surface area contributed by atoms with E-state index >= 15 is 0 Å². The maximum Gasteiger partial charge on any atom is 0.305 e. The Kier molecular flexibility index (Phi) is 11.7. The third-order valence-corrected chi connectivity index (χ3v) is 6.11. The van der Waals surface area contributed by atoms with Gasteiger partial charge >= 0.3 is 5.97 Å². The molecule has 1 aliphatic rings. The second kappa shape index (κ2) is 13.2. The zero-order valence-corrected chi connectivity index (χ0v) is 18.4. The molecule has 5 nitrogen and oxygen atoms in total. The highest BCUT2D eigenvalue weighted by Crippen LogP contribution is 2.37. The highest BCUT2D eigenvalue weighted by Gasteiger charge is 2.45. The van der Waals surface area contributed by atoms with Crippen LogP contribution in [0.1, 0.15) is 84.0 Å². The Hall–Kier alpha value is -1.11. The van der Waals surface area contributed by atoms with Crippen molar-refractivity contribution in [3.8, 4) is 0 Å². The lowest BCUT2D eigenvalue weighted by atomic mass is 9.89. The molecule has 1 aliphatic carbocycles. The van der Waals surface area contributed by atoms with Crippen LogP contribution < -0.4 is 0 Å². The van der Waals surface area contributed by atoms with E-state index < -0.39 is 16.8 Å². The summed E-state index contributed by atoms with van der Waals surface area (Å²) >= 11 is -1.41. The average molecular weight is 413 g/mol. The third kappa shape index (κ3) is 8.10. The van der Waals surface area contributed by atoms with Gasteiger partial charge < -0.3 is 14.4 Å². The fourth-order valence-corrected chi connectivity index (χ4v) is 4.23. The van der Waals surface area contributed by atoms with Gasteiger partial charge in [0.05, 0.1) is 7.11 Å². The van der Waals surface area contributed by atoms with Gasteiger partial charge in [-0.25, -0.2) is 0 Å². The SMILES string of the molecule is CCCCCCCCC1(O)C=C([S+](C)[O-])C(=O)/C1=C\CCCCCC(=O)OC. The van der Waals surface area contributed by atoms with Gasteiger partial charge in [-0.3, -0.25) is 9.59 Å². The van der Waals surface area contributed by atoms with E-state index in [1.165, 1.54) is 38.7 Å². The molecular weight excluding hydrogens is 376 g/mol. The first kappa shape index (κ1) is 24.9. The van der Waals surface area contributed by atoms with E-state index in [0.717, 1.165) is 38.5 Å². The van der Waals surface area contributed by atoms with Crippen molar-refractivity contribution in [2.24, 2.45) is 0 Å². The van der Waals surface area contributed by atoms with Crippen LogP contribution in [0.4, 0.5) is 0 Å². The second-order valence-corrected chi connectivity index (χ2v) is 8.88. The van der Waals surface area contributed by atoms with Crippen LogP contribution in [0.15, 0.2) is 22.6 Å². The molecule has 160 valence electrons. The standard InChI is InChI=1S/C22H36O5S/c1-4-5-6-7-10-13-16-22(25)17-19(28(3)26)21(24)18(22)14-11-8-9-12-15-20(23)27-2/h14,17,25H,4-13,15-16H2,1-3H3/b18-14+. The van der Waals surface area contributed by atoms with Gasteiger partial charge in [-0.15, -0.1) is 0 Å². The summed E-state index contributed by atoms with van der Waals surface area (Å²) in [5.74, 6) is -0.499. The normalized spacial score (nSPS) is 21.8. The van der Waals surface area contributed by atoms with Crippen LogP contribution in [0.5, 0.6) is 0 Å². The molecule has 2 atom stereocenters. The number of aliphatic hydroxyl groups is 1. The van der Waals surface area contributed by atoms with Gasteiger partial charge in [0.1, 0.15) is 11.9 Å². The quantitative estimate of drug-likeness (QED) is 0.198. The van der Waals surface area contributed by atoms with Crippen molar-refractivity contribution in [2.45, 2.75) is 89.6 Å². The van der Waals surface area contributed by atoms with Gasteiger partial charge in [-0.05, 0) is 43.3 Å². The number of ether oxygens (including phenoxy) is 1. The van der Waals surface area contributed by atoms with E-state index in [2.05, 4.69) is 11.7 Å². The number of rotatable bonds is 14. The molecule has 0 amide bonds. The summed E-state index contributed by atoms with van der Waals surface area (Å²) in [4.78, 5) is 24.0. The molecule has 2 unspecified atom stereocenters. The summed E-state index contributed by atoms with van der Waals surface area (Å²) in [5, 5.41) is 11.1. The fourth-order valence-electron chi connectivity index (χ4n) is 3.49. The Morgan fingerprint density at radius 1 is 1.18 bits per heavy atom. The highest BCUT2D eigenvalue weighted by molar-refractivity contribution is 7.95. The minimum absolute atomic E-state index is 0.211. The number of unbranched alkanes of at least 4 members (excludes halogenated alkanes) is 8. The Bertz CT molecular complexity index is 567. The molecule has 0 fully saturated rings. The number of Topliss-reactive ketones (excluding diaryl/α,β-unsaturated/α-hetero) is 1. The van der Waals surface area contributed by atoms with Crippen molar-refractivity contribution in [2.75, 3.05) is 13.4 Å². The Balaban J connectivity index is 2.61. The molecule has 1 rings (SSSR count). The number of carbonyl (C=O) groups is 2. The summed E-state index contributed by atoms with van der Waals surface area (Å²) in [5.41, 5.74) is -0.922. The van der Waals surface area contributed by atoms with Crippen LogP contribution in [0, 0.1) is 0 Å². The molecule has 0 aromatic carbocycles. The Morgan fingerprint density at radius 2 is 1.82 bits per heavy atom. The van der Waals surface area contributed by atoms with Crippen molar-refractivity contribution in [1.82, 2.24) is 0 Å². The number of hydrogen-bond acceptors (Lipinski definition) is 5. The molecule has 0 saturated carbocycles. The molecule has 0 aromatic heterocycles. The first-order valence-corrected chi connectivity index (χ1v) is 12.0. The Labute approximate surface area is 172 Å². The van der Waals surface area contributed by atoms with Gasteiger partial charge in [-0.2, -0.15) is 0 Å². The lowest BCUT2D eigenvalue weighted by Crippen LogP contribution is -2.28. The van der Waals surface area contributed by atoms with Gasteiger partial charge in [-0.1, -0.05) is 51.5 Å². The zero-order chi connectivity index (χ0) is 21.0. The number of hydrogen-bond donors (Lipinski definition) is 1. The lowest BCUT2D eigenvalue weighted by Gasteiger charge is -2.21. The van der Waals surface area contributed by atoms with Crippen molar-refractivity contribution < 1.29 is 24.0 Å². The van der Waals surface area contributed by atoms with Crippen LogP contribution in [-0.4, -0.2) is 40.4 Å². The van der Waals surface area contributed by atoms with Crippen molar-refractivity contribution in [3.05, 3.63) is 22.6 Å². The largest absolute Gasteiger partial charge is 0.612 e. The molecule has 1 N–H and O–H groups in total. The maximum absolute atomic E-state index is 12.6. The first-order chi connectivity index (χ1) is 13.4. The molecule has 0 spiro atoms. The van der Waals surface area contributed by atoms with E-state index in [1.54, 1.807) is 6.08 Å². The summed E-state index contributed by atoms with van der Waals surface area (Å²) in [7, 11) is 1.38. The van der Waals surface area contributed by atoms with E-state index in [4.69, 9.17) is 0 Å². The van der Waals surface area contributed by atoms with Crippen molar-refractivity contribution >= 4 is 22.9 Å². The van der Waals surface area contributed by atoms with E-state index in [0.29, 0.717) is 24.8 Å². The predicted octanol–water partition coefficient (Wildman–Crippen LogP) is 4.36. The molecule has 0 bridgehead atoms. The first-order valence-electron chi connectivity index (χ1n) is 10.5. The smallest absolute Gasteiger partial charge is 0.305 e. The average Bonchev–Trinajstić information content (AvgIpc) is 2.92. The molecule has 0 aliphatic heterocycles. The number of carbonyl (C=O) groups excluding carboxylic acids is 2. The van der Waals surface area contributed by atoms with Gasteiger partial charge in [0.2, 0.25) is 5.78 Å². The van der Waals surface area contributed by atoms with E-state index in [9.17, 15) is 19.2 Å². The molecule has 0 aromatic rings. The molecule has 28 heavy (non-hydrogen) atoms.